The summed E-state index contributed by atoms with van der Waals surface area (Å²) in [5.74, 6) is 3.98. The monoisotopic (exact) mass is 842 g/mol. The average Bonchev–Trinajstić information content (AvgIpc) is 3.89. The molecular formula is C50H71N3O8. The van der Waals surface area contributed by atoms with Crippen molar-refractivity contribution in [3.63, 3.8) is 0 Å². The lowest BCUT2D eigenvalue weighted by Crippen LogP contribution is -2.49. The molecule has 11 nitrogen and oxygen atoms in total. The molecule has 3 aromatic rings. The summed E-state index contributed by atoms with van der Waals surface area (Å²) in [6, 6.07) is 18.0. The Morgan fingerprint density at radius 1 is 0.541 bits per heavy atom. The van der Waals surface area contributed by atoms with E-state index in [-0.39, 0.29) is 29.8 Å². The van der Waals surface area contributed by atoms with Crippen molar-refractivity contribution in [2.75, 3.05) is 72.4 Å². The summed E-state index contributed by atoms with van der Waals surface area (Å²) < 4.78 is 28.0. The normalized spacial score (nSPS) is 18.4. The van der Waals surface area contributed by atoms with Gasteiger partial charge in [-0.25, -0.2) is 0 Å². The third-order valence-electron chi connectivity index (χ3n) is 11.7. The van der Waals surface area contributed by atoms with E-state index in [0.29, 0.717) is 82.7 Å². The highest BCUT2D eigenvalue weighted by molar-refractivity contribution is 5.96. The SMILES string of the molecule is CCOc1cc(C(=O)N2C3CCC2COC3)ccc1C(C)C.CCOc1cc(C(=O)N2CCCC2)ccc1C(C)C.CCOc1cc(C(=O)N2CCOCC2)ccc1C(C)C. The Kier molecular flexibility index (Phi) is 17.9. The van der Waals surface area contributed by atoms with Crippen LogP contribution in [0.15, 0.2) is 54.6 Å². The van der Waals surface area contributed by atoms with Gasteiger partial charge in [-0.15, -0.1) is 0 Å². The molecule has 0 N–H and O–H groups in total. The molecule has 4 fully saturated rings. The van der Waals surface area contributed by atoms with E-state index in [2.05, 4.69) is 41.5 Å². The topological polar surface area (TPSA) is 107 Å². The van der Waals surface area contributed by atoms with Gasteiger partial charge in [0.05, 0.1) is 58.3 Å². The average molecular weight is 842 g/mol. The number of hydrogen-bond acceptors (Lipinski definition) is 8. The maximum atomic E-state index is 12.9. The van der Waals surface area contributed by atoms with Crippen molar-refractivity contribution in [3.8, 4) is 17.2 Å². The van der Waals surface area contributed by atoms with Crippen molar-refractivity contribution < 1.29 is 38.1 Å². The number of ether oxygens (including phenoxy) is 5. The Hall–Kier alpha value is -4.61. The highest BCUT2D eigenvalue weighted by Gasteiger charge is 2.40. The quantitative estimate of drug-likeness (QED) is 0.178. The molecule has 0 saturated carbocycles. The molecule has 334 valence electrons. The Morgan fingerprint density at radius 3 is 1.26 bits per heavy atom. The van der Waals surface area contributed by atoms with E-state index in [4.69, 9.17) is 23.7 Å². The van der Waals surface area contributed by atoms with Crippen LogP contribution in [-0.4, -0.2) is 117 Å². The van der Waals surface area contributed by atoms with Gasteiger partial charge in [-0.1, -0.05) is 59.7 Å². The zero-order chi connectivity index (χ0) is 44.1. The van der Waals surface area contributed by atoms with Crippen LogP contribution in [0.2, 0.25) is 0 Å². The van der Waals surface area contributed by atoms with E-state index in [9.17, 15) is 14.4 Å². The van der Waals surface area contributed by atoms with Crippen LogP contribution in [0.4, 0.5) is 0 Å². The van der Waals surface area contributed by atoms with Gasteiger partial charge in [0.15, 0.2) is 0 Å². The molecule has 4 aliphatic rings. The van der Waals surface area contributed by atoms with Gasteiger partial charge in [-0.3, -0.25) is 14.4 Å². The van der Waals surface area contributed by atoms with E-state index >= 15 is 0 Å². The molecule has 4 heterocycles. The molecule has 4 saturated heterocycles. The predicted molar refractivity (Wildman–Crippen MR) is 241 cm³/mol. The second kappa shape index (κ2) is 23.0. The smallest absolute Gasteiger partial charge is 0.254 e. The number of nitrogens with zero attached hydrogens (tertiary/aromatic N) is 3. The molecule has 0 aromatic heterocycles. The van der Waals surface area contributed by atoms with Gasteiger partial charge in [0.25, 0.3) is 17.7 Å². The molecule has 0 aliphatic carbocycles. The summed E-state index contributed by atoms with van der Waals surface area (Å²) in [5, 5.41) is 0. The van der Waals surface area contributed by atoms with Gasteiger partial charge in [-0.05, 0) is 117 Å². The molecule has 2 atom stereocenters. The molecule has 2 unspecified atom stereocenters. The first kappa shape index (κ1) is 47.4. The van der Waals surface area contributed by atoms with Crippen LogP contribution in [0, 0.1) is 0 Å². The standard InChI is InChI=1S/C18H25NO3.C16H23NO3.C16H23NO2/c1-4-22-17-9-13(5-8-16(17)12(2)3)18(20)19-14-6-7-15(19)11-21-10-14;1-4-20-15-11-13(5-6-14(15)12(2)3)16(18)17-7-9-19-10-8-17;1-4-19-15-11-13(7-8-14(15)12(2)3)16(18)17-9-5-6-10-17/h5,8-9,12,14-15H,4,6-7,10-11H2,1-3H3;5-6,11-12H,4,7-10H2,1-3H3;7-8,11-12H,4-6,9-10H2,1-3H3. The molecule has 3 amide bonds. The third kappa shape index (κ3) is 12.3. The first-order valence-corrected chi connectivity index (χ1v) is 22.7. The minimum Gasteiger partial charge on any atom is -0.494 e. The van der Waals surface area contributed by atoms with Crippen molar-refractivity contribution in [3.05, 3.63) is 88.0 Å². The van der Waals surface area contributed by atoms with Gasteiger partial charge in [0.1, 0.15) is 17.2 Å². The highest BCUT2D eigenvalue weighted by atomic mass is 16.5. The lowest BCUT2D eigenvalue weighted by atomic mass is 9.99. The van der Waals surface area contributed by atoms with Crippen molar-refractivity contribution in [2.24, 2.45) is 0 Å². The Balaban J connectivity index is 0.000000174. The number of morpholine rings is 2. The summed E-state index contributed by atoms with van der Waals surface area (Å²) in [5.41, 5.74) is 5.63. The summed E-state index contributed by atoms with van der Waals surface area (Å²) in [4.78, 5) is 43.5. The van der Waals surface area contributed by atoms with Crippen LogP contribution in [0.1, 0.15) is 154 Å². The fraction of sp³-hybridized carbons (Fsp3) is 0.580. The van der Waals surface area contributed by atoms with Gasteiger partial charge in [-0.2, -0.15) is 0 Å². The van der Waals surface area contributed by atoms with E-state index in [1.54, 1.807) is 0 Å². The summed E-state index contributed by atoms with van der Waals surface area (Å²) in [6.45, 7) is 26.2. The van der Waals surface area contributed by atoms with Crippen LogP contribution in [0.25, 0.3) is 0 Å². The predicted octanol–water partition coefficient (Wildman–Crippen LogP) is 9.34. The number of rotatable bonds is 12. The minimum absolute atomic E-state index is 0.0598. The lowest BCUT2D eigenvalue weighted by Gasteiger charge is -2.34. The summed E-state index contributed by atoms with van der Waals surface area (Å²) in [7, 11) is 0. The fourth-order valence-corrected chi connectivity index (χ4v) is 8.44. The molecule has 11 heteroatoms. The molecule has 3 aromatic carbocycles. The number of fused-ring (bicyclic) bond motifs is 2. The van der Waals surface area contributed by atoms with E-state index in [1.165, 1.54) is 5.56 Å². The van der Waals surface area contributed by atoms with Crippen molar-refractivity contribution >= 4 is 17.7 Å². The first-order valence-electron chi connectivity index (χ1n) is 22.7. The maximum Gasteiger partial charge on any atom is 0.254 e. The molecule has 0 radical (unpaired) electrons. The van der Waals surface area contributed by atoms with Crippen LogP contribution in [-0.2, 0) is 9.47 Å². The van der Waals surface area contributed by atoms with Crippen LogP contribution in [0.3, 0.4) is 0 Å². The van der Waals surface area contributed by atoms with Crippen LogP contribution in [0.5, 0.6) is 17.2 Å². The molecule has 2 bridgehead atoms. The second-order valence-electron chi connectivity index (χ2n) is 17.1. The largest absolute Gasteiger partial charge is 0.494 e. The van der Waals surface area contributed by atoms with E-state index < -0.39 is 0 Å². The van der Waals surface area contributed by atoms with Gasteiger partial charge in [0, 0.05) is 42.9 Å². The number of likely N-dealkylation sites (tertiary alicyclic amines) is 1. The molecule has 0 spiro atoms. The summed E-state index contributed by atoms with van der Waals surface area (Å²) in [6.07, 6.45) is 4.35. The van der Waals surface area contributed by atoms with Gasteiger partial charge in [0.2, 0.25) is 0 Å². The van der Waals surface area contributed by atoms with E-state index in [0.717, 1.165) is 78.3 Å². The van der Waals surface area contributed by atoms with E-state index in [1.807, 2.05) is 90.1 Å². The summed E-state index contributed by atoms with van der Waals surface area (Å²) >= 11 is 0. The number of hydrogen-bond donors (Lipinski definition) is 0. The fourth-order valence-electron chi connectivity index (χ4n) is 8.44. The molecule has 7 rings (SSSR count). The molecular weight excluding hydrogens is 771 g/mol. The van der Waals surface area contributed by atoms with Crippen LogP contribution >= 0.6 is 0 Å². The Labute approximate surface area is 365 Å². The number of carbonyl (C=O) groups excluding carboxylic acids is 3. The Morgan fingerprint density at radius 2 is 0.902 bits per heavy atom. The maximum absolute atomic E-state index is 12.9. The van der Waals surface area contributed by atoms with Crippen molar-refractivity contribution in [1.82, 2.24) is 14.7 Å². The second-order valence-corrected chi connectivity index (χ2v) is 17.1. The lowest BCUT2D eigenvalue weighted by molar-refractivity contribution is -0.00717. The van der Waals surface area contributed by atoms with Crippen molar-refractivity contribution in [1.29, 1.82) is 0 Å². The molecule has 61 heavy (non-hydrogen) atoms. The van der Waals surface area contributed by atoms with Gasteiger partial charge < -0.3 is 38.4 Å². The number of amides is 3. The number of benzene rings is 3. The van der Waals surface area contributed by atoms with Gasteiger partial charge >= 0.3 is 0 Å². The third-order valence-corrected chi connectivity index (χ3v) is 11.7. The minimum atomic E-state index is 0.0598. The first-order chi connectivity index (χ1) is 29.4. The van der Waals surface area contributed by atoms with Crippen molar-refractivity contribution in [2.45, 2.75) is 118 Å². The zero-order valence-corrected chi connectivity index (χ0v) is 38.3. The number of carbonyl (C=O) groups is 3. The molecule has 4 aliphatic heterocycles. The Bertz CT molecular complexity index is 1880. The zero-order valence-electron chi connectivity index (χ0n) is 38.3. The van der Waals surface area contributed by atoms with Crippen LogP contribution < -0.4 is 14.2 Å². The highest BCUT2D eigenvalue weighted by Crippen LogP contribution is 2.34.